The molecule has 1 aliphatic heterocycles. The van der Waals surface area contributed by atoms with Gasteiger partial charge in [0.25, 0.3) is 5.91 Å². The fourth-order valence-corrected chi connectivity index (χ4v) is 4.84. The van der Waals surface area contributed by atoms with Crippen LogP contribution in [0, 0.1) is 11.7 Å². The van der Waals surface area contributed by atoms with Gasteiger partial charge in [0.1, 0.15) is 11.9 Å². The number of rotatable bonds is 6. The van der Waals surface area contributed by atoms with Crippen molar-refractivity contribution in [2.45, 2.75) is 36.0 Å². The van der Waals surface area contributed by atoms with E-state index in [0.717, 1.165) is 18.4 Å². The van der Waals surface area contributed by atoms with E-state index in [4.69, 9.17) is 4.74 Å². The molecule has 2 fully saturated rings. The molecule has 1 aliphatic carbocycles. The van der Waals surface area contributed by atoms with Crippen molar-refractivity contribution >= 4 is 21.7 Å². The van der Waals surface area contributed by atoms with Crippen LogP contribution in [0.3, 0.4) is 0 Å². The summed E-state index contributed by atoms with van der Waals surface area (Å²) in [5.41, 5.74) is -1.11. The van der Waals surface area contributed by atoms with Crippen LogP contribution in [0.5, 0.6) is 0 Å². The van der Waals surface area contributed by atoms with E-state index in [1.807, 2.05) is 0 Å². The third kappa shape index (κ3) is 5.70. The summed E-state index contributed by atoms with van der Waals surface area (Å²) in [5, 5.41) is 2.71. The summed E-state index contributed by atoms with van der Waals surface area (Å²) in [7, 11) is -3.57. The predicted molar refractivity (Wildman–Crippen MR) is 120 cm³/mol. The molecule has 2 atom stereocenters. The zero-order chi connectivity index (χ0) is 26.3. The van der Waals surface area contributed by atoms with E-state index in [1.54, 1.807) is 0 Å². The first kappa shape index (κ1) is 26.1. The molecule has 194 valence electrons. The maximum absolute atomic E-state index is 14.7. The Bertz CT molecular complexity index is 1280. The summed E-state index contributed by atoms with van der Waals surface area (Å²) in [6.45, 7) is 0.0693. The average Bonchev–Trinajstić information content (AvgIpc) is 3.66. The highest BCUT2D eigenvalue weighted by molar-refractivity contribution is 7.90. The van der Waals surface area contributed by atoms with Crippen LogP contribution in [0.4, 0.5) is 17.6 Å². The van der Waals surface area contributed by atoms with Gasteiger partial charge in [0, 0.05) is 23.9 Å². The van der Waals surface area contributed by atoms with Crippen molar-refractivity contribution < 1.29 is 40.3 Å². The lowest BCUT2D eigenvalue weighted by molar-refractivity contribution is -0.138. The van der Waals surface area contributed by atoms with Gasteiger partial charge in [-0.05, 0) is 49.1 Å². The van der Waals surface area contributed by atoms with E-state index in [9.17, 15) is 35.6 Å². The first-order valence-electron chi connectivity index (χ1n) is 11.2. The quantitative estimate of drug-likeness (QED) is 0.581. The van der Waals surface area contributed by atoms with Gasteiger partial charge in [0.05, 0.1) is 29.7 Å². The topological polar surface area (TPSA) is 92.8 Å². The smallest absolute Gasteiger partial charge is 0.377 e. The number of halogens is 4. The predicted octanol–water partition coefficient (Wildman–Crippen LogP) is 3.36. The van der Waals surface area contributed by atoms with Gasteiger partial charge in [-0.3, -0.25) is 9.59 Å². The van der Waals surface area contributed by atoms with E-state index in [1.165, 1.54) is 29.2 Å². The molecule has 7 nitrogen and oxygen atoms in total. The summed E-state index contributed by atoms with van der Waals surface area (Å²) in [4.78, 5) is 27.7. The molecule has 1 unspecified atom stereocenters. The van der Waals surface area contributed by atoms with Crippen LogP contribution in [-0.4, -0.2) is 57.2 Å². The number of ether oxygens (including phenoxy) is 1. The second kappa shape index (κ2) is 9.81. The Kier molecular flexibility index (Phi) is 7.11. The number of amides is 2. The van der Waals surface area contributed by atoms with Gasteiger partial charge in [-0.1, -0.05) is 12.1 Å². The van der Waals surface area contributed by atoms with Gasteiger partial charge in [0.2, 0.25) is 5.91 Å². The van der Waals surface area contributed by atoms with Crippen LogP contribution in [0.1, 0.15) is 40.4 Å². The fourth-order valence-electron chi connectivity index (χ4n) is 4.17. The van der Waals surface area contributed by atoms with Crippen molar-refractivity contribution in [3.63, 3.8) is 0 Å². The molecule has 1 saturated heterocycles. The maximum atomic E-state index is 14.7. The van der Waals surface area contributed by atoms with Gasteiger partial charge in [-0.2, -0.15) is 13.2 Å². The number of nitrogens with one attached hydrogen (secondary N) is 1. The first-order chi connectivity index (χ1) is 16.9. The summed E-state index contributed by atoms with van der Waals surface area (Å²) in [6.07, 6.45) is -2.37. The lowest BCUT2D eigenvalue weighted by Crippen LogP contribution is -2.56. The number of nitrogens with zero attached hydrogens (tertiary/aromatic N) is 1. The molecule has 1 N–H and O–H groups in total. The second-order valence-electron chi connectivity index (χ2n) is 8.95. The SMILES string of the molecule is CS(=O)(=O)c1cccc(C(=O)N2CCOC[C@@H]2C(=O)NC(c2ccc(C(F)(F)F)cc2F)C2CC2)c1. The van der Waals surface area contributed by atoms with E-state index in [2.05, 4.69) is 5.32 Å². The van der Waals surface area contributed by atoms with Crippen LogP contribution in [0.2, 0.25) is 0 Å². The van der Waals surface area contributed by atoms with Crippen molar-refractivity contribution in [1.29, 1.82) is 0 Å². The molecule has 0 radical (unpaired) electrons. The summed E-state index contributed by atoms with van der Waals surface area (Å²) in [6, 6.07) is 5.69. The molecule has 0 spiro atoms. The molecule has 1 heterocycles. The molecule has 36 heavy (non-hydrogen) atoms. The molecular weight excluding hydrogens is 504 g/mol. The highest BCUT2D eigenvalue weighted by Crippen LogP contribution is 2.42. The number of carbonyl (C=O) groups is 2. The van der Waals surface area contributed by atoms with Crippen LogP contribution in [-0.2, 0) is 25.5 Å². The number of carbonyl (C=O) groups excluding carboxylic acids is 2. The minimum Gasteiger partial charge on any atom is -0.377 e. The normalized spacial score (nSPS) is 19.6. The van der Waals surface area contributed by atoms with E-state index >= 15 is 0 Å². The molecular formula is C24H24F4N2O5S. The van der Waals surface area contributed by atoms with Crippen molar-refractivity contribution in [1.82, 2.24) is 10.2 Å². The molecule has 0 bridgehead atoms. The Morgan fingerprint density at radius 1 is 1.14 bits per heavy atom. The Morgan fingerprint density at radius 2 is 1.86 bits per heavy atom. The second-order valence-corrected chi connectivity index (χ2v) is 11.0. The fraction of sp³-hybridized carbons (Fsp3) is 0.417. The van der Waals surface area contributed by atoms with Crippen LogP contribution >= 0.6 is 0 Å². The zero-order valence-corrected chi connectivity index (χ0v) is 20.0. The lowest BCUT2D eigenvalue weighted by Gasteiger charge is -2.35. The Balaban J connectivity index is 1.56. The summed E-state index contributed by atoms with van der Waals surface area (Å²) >= 11 is 0. The van der Waals surface area contributed by atoms with Crippen molar-refractivity contribution in [3.05, 3.63) is 65.0 Å². The van der Waals surface area contributed by atoms with Crippen molar-refractivity contribution in [2.24, 2.45) is 5.92 Å². The molecule has 4 rings (SSSR count). The lowest BCUT2D eigenvalue weighted by atomic mass is 9.99. The standard InChI is InChI=1S/C24H24F4N2O5S/c1-36(33,34)17-4-2-3-15(11-17)23(32)30-9-10-35-13-20(30)22(31)29-21(14-5-6-14)18-8-7-16(12-19(18)25)24(26,27)28/h2-4,7-8,11-12,14,20-21H,5-6,9-10,13H2,1H3,(H,29,31)/t20-,21?/m1/s1. The van der Waals surface area contributed by atoms with E-state index in [-0.39, 0.29) is 41.7 Å². The Hall–Kier alpha value is -2.99. The number of sulfone groups is 1. The van der Waals surface area contributed by atoms with Crippen LogP contribution in [0.25, 0.3) is 0 Å². The molecule has 2 aromatic carbocycles. The van der Waals surface area contributed by atoms with Crippen molar-refractivity contribution in [2.75, 3.05) is 26.0 Å². The van der Waals surface area contributed by atoms with Crippen molar-refractivity contribution in [3.8, 4) is 0 Å². The molecule has 1 saturated carbocycles. The van der Waals surface area contributed by atoms with E-state index in [0.29, 0.717) is 18.9 Å². The average molecular weight is 529 g/mol. The van der Waals surface area contributed by atoms with Gasteiger partial charge < -0.3 is 15.0 Å². The van der Waals surface area contributed by atoms with Gasteiger partial charge in [0.15, 0.2) is 9.84 Å². The maximum Gasteiger partial charge on any atom is 0.416 e. The molecule has 2 aromatic rings. The van der Waals surface area contributed by atoms with Gasteiger partial charge >= 0.3 is 6.18 Å². The number of alkyl halides is 3. The van der Waals surface area contributed by atoms with Crippen LogP contribution in [0.15, 0.2) is 47.4 Å². The number of morpholine rings is 1. The zero-order valence-electron chi connectivity index (χ0n) is 19.2. The Labute approximate surface area is 205 Å². The van der Waals surface area contributed by atoms with Gasteiger partial charge in [-0.25, -0.2) is 12.8 Å². The van der Waals surface area contributed by atoms with Gasteiger partial charge in [-0.15, -0.1) is 0 Å². The molecule has 2 aliphatic rings. The largest absolute Gasteiger partial charge is 0.416 e. The third-order valence-corrected chi connectivity index (χ3v) is 7.37. The molecule has 2 amide bonds. The monoisotopic (exact) mass is 528 g/mol. The molecule has 12 heteroatoms. The number of benzene rings is 2. The minimum atomic E-state index is -4.70. The highest BCUT2D eigenvalue weighted by Gasteiger charge is 2.40. The van der Waals surface area contributed by atoms with Crippen LogP contribution < -0.4 is 5.32 Å². The minimum absolute atomic E-state index is 0.0470. The summed E-state index contributed by atoms with van der Waals surface area (Å²) < 4.78 is 82.7. The number of hydrogen-bond donors (Lipinski definition) is 1. The highest BCUT2D eigenvalue weighted by atomic mass is 32.2. The number of hydrogen-bond acceptors (Lipinski definition) is 5. The third-order valence-electron chi connectivity index (χ3n) is 6.26. The molecule has 0 aromatic heterocycles. The van der Waals surface area contributed by atoms with E-state index < -0.39 is 51.3 Å². The Morgan fingerprint density at radius 3 is 2.47 bits per heavy atom. The summed E-state index contributed by atoms with van der Waals surface area (Å²) in [5.74, 6) is -2.45. The first-order valence-corrected chi connectivity index (χ1v) is 13.1.